The molecule has 13 heavy (non-hydrogen) atoms. The van der Waals surface area contributed by atoms with Crippen LogP contribution in [0.2, 0.25) is 0 Å². The number of rotatable bonds is 2. The van der Waals surface area contributed by atoms with Crippen molar-refractivity contribution < 1.29 is 4.74 Å². The highest BCUT2D eigenvalue weighted by Crippen LogP contribution is 2.35. The number of nitrogens with zero attached hydrogens (tertiary/aromatic N) is 1. The third-order valence-corrected chi connectivity index (χ3v) is 3.60. The number of ether oxygens (including phenoxy) is 1. The summed E-state index contributed by atoms with van der Waals surface area (Å²) in [5.41, 5.74) is 0.248. The molecule has 1 aliphatic heterocycles. The molecule has 2 aliphatic rings. The first-order valence-electron chi connectivity index (χ1n) is 5.34. The van der Waals surface area contributed by atoms with Gasteiger partial charge in [0.05, 0.1) is 12.6 Å². The molecule has 2 N–H and O–H groups in total. The van der Waals surface area contributed by atoms with Crippen LogP contribution in [-0.2, 0) is 4.74 Å². The summed E-state index contributed by atoms with van der Waals surface area (Å²) in [4.78, 5) is 0. The standard InChI is InChI=1S/C10H20N2O/c1-10(5-2-3-6-10)12(11)9-4-7-13-8-9/h9H,2-8,11H2,1H3. The molecule has 3 nitrogen and oxygen atoms in total. The summed E-state index contributed by atoms with van der Waals surface area (Å²) in [6, 6.07) is 0.461. The minimum absolute atomic E-state index is 0.248. The second-order valence-electron chi connectivity index (χ2n) is 4.63. The molecule has 0 bridgehead atoms. The van der Waals surface area contributed by atoms with Gasteiger partial charge in [-0.05, 0) is 26.2 Å². The molecule has 2 fully saturated rings. The SMILES string of the molecule is CC1(N(N)C2CCOC2)CCCC1. The molecule has 2 rings (SSSR count). The Balaban J connectivity index is 1.97. The van der Waals surface area contributed by atoms with Crippen molar-refractivity contribution in [1.29, 1.82) is 0 Å². The predicted octanol–water partition coefficient (Wildman–Crippen LogP) is 1.28. The van der Waals surface area contributed by atoms with E-state index in [9.17, 15) is 0 Å². The van der Waals surface area contributed by atoms with Gasteiger partial charge >= 0.3 is 0 Å². The van der Waals surface area contributed by atoms with Crippen molar-refractivity contribution >= 4 is 0 Å². The van der Waals surface area contributed by atoms with Crippen molar-refractivity contribution in [2.45, 2.75) is 50.6 Å². The topological polar surface area (TPSA) is 38.5 Å². The number of nitrogens with two attached hydrogens (primary N) is 1. The van der Waals surface area contributed by atoms with Crippen LogP contribution >= 0.6 is 0 Å². The molecule has 1 heterocycles. The van der Waals surface area contributed by atoms with Crippen LogP contribution in [0.3, 0.4) is 0 Å². The second kappa shape index (κ2) is 3.56. The van der Waals surface area contributed by atoms with Crippen LogP contribution in [0.15, 0.2) is 0 Å². The van der Waals surface area contributed by atoms with Gasteiger partial charge in [-0.1, -0.05) is 12.8 Å². The van der Waals surface area contributed by atoms with Crippen LogP contribution in [-0.4, -0.2) is 29.8 Å². The smallest absolute Gasteiger partial charge is 0.0636 e. The van der Waals surface area contributed by atoms with E-state index < -0.39 is 0 Å². The molecule has 0 aromatic heterocycles. The summed E-state index contributed by atoms with van der Waals surface area (Å²) in [5, 5.41) is 2.08. The Morgan fingerprint density at radius 1 is 1.38 bits per heavy atom. The number of hydrogen-bond acceptors (Lipinski definition) is 3. The quantitative estimate of drug-likeness (QED) is 0.519. The molecule has 0 aromatic carbocycles. The van der Waals surface area contributed by atoms with Gasteiger partial charge in [0.15, 0.2) is 0 Å². The fraction of sp³-hybridized carbons (Fsp3) is 1.00. The molecular weight excluding hydrogens is 164 g/mol. The molecule has 1 saturated heterocycles. The zero-order valence-corrected chi connectivity index (χ0v) is 8.46. The van der Waals surface area contributed by atoms with Crippen molar-refractivity contribution in [1.82, 2.24) is 5.01 Å². The third-order valence-electron chi connectivity index (χ3n) is 3.60. The van der Waals surface area contributed by atoms with Crippen molar-refractivity contribution in [3.05, 3.63) is 0 Å². The van der Waals surface area contributed by atoms with Crippen molar-refractivity contribution in [2.24, 2.45) is 5.84 Å². The number of hydrogen-bond donors (Lipinski definition) is 1. The first kappa shape index (κ1) is 9.44. The van der Waals surface area contributed by atoms with Gasteiger partial charge in [-0.25, -0.2) is 5.01 Å². The van der Waals surface area contributed by atoms with Crippen LogP contribution in [0, 0.1) is 0 Å². The molecule has 76 valence electrons. The Morgan fingerprint density at radius 3 is 2.62 bits per heavy atom. The fourth-order valence-corrected chi connectivity index (χ4v) is 2.58. The van der Waals surface area contributed by atoms with Gasteiger partial charge in [0.25, 0.3) is 0 Å². The maximum absolute atomic E-state index is 6.17. The normalized spacial score (nSPS) is 33.0. The molecule has 1 aliphatic carbocycles. The average Bonchev–Trinajstić information content (AvgIpc) is 2.73. The average molecular weight is 184 g/mol. The maximum atomic E-state index is 6.17. The van der Waals surface area contributed by atoms with E-state index in [2.05, 4.69) is 11.9 Å². The molecule has 1 saturated carbocycles. The van der Waals surface area contributed by atoms with Crippen LogP contribution in [0.4, 0.5) is 0 Å². The minimum atomic E-state index is 0.248. The van der Waals surface area contributed by atoms with Gasteiger partial charge in [-0.2, -0.15) is 0 Å². The van der Waals surface area contributed by atoms with E-state index in [0.717, 1.165) is 19.6 Å². The first-order valence-corrected chi connectivity index (χ1v) is 5.34. The summed E-state index contributed by atoms with van der Waals surface area (Å²) >= 11 is 0. The largest absolute Gasteiger partial charge is 0.380 e. The molecular formula is C10H20N2O. The number of hydrazine groups is 1. The molecule has 0 aromatic rings. The van der Waals surface area contributed by atoms with Crippen LogP contribution in [0.25, 0.3) is 0 Å². The van der Waals surface area contributed by atoms with Crippen LogP contribution in [0.5, 0.6) is 0 Å². The molecule has 0 amide bonds. The van der Waals surface area contributed by atoms with E-state index in [-0.39, 0.29) is 5.54 Å². The van der Waals surface area contributed by atoms with Crippen molar-refractivity contribution in [3.63, 3.8) is 0 Å². The highest BCUT2D eigenvalue weighted by molar-refractivity contribution is 4.92. The summed E-state index contributed by atoms with van der Waals surface area (Å²) in [5.74, 6) is 6.17. The van der Waals surface area contributed by atoms with Crippen molar-refractivity contribution in [2.75, 3.05) is 13.2 Å². The van der Waals surface area contributed by atoms with Gasteiger partial charge < -0.3 is 4.74 Å². The third kappa shape index (κ3) is 1.73. The van der Waals surface area contributed by atoms with Gasteiger partial charge in [-0.3, -0.25) is 5.84 Å². The maximum Gasteiger partial charge on any atom is 0.0636 e. The molecule has 0 radical (unpaired) electrons. The van der Waals surface area contributed by atoms with E-state index in [1.54, 1.807) is 0 Å². The fourth-order valence-electron chi connectivity index (χ4n) is 2.58. The Hall–Kier alpha value is -0.120. The monoisotopic (exact) mass is 184 g/mol. The van der Waals surface area contributed by atoms with Crippen LogP contribution in [0.1, 0.15) is 39.0 Å². The highest BCUT2D eigenvalue weighted by Gasteiger charge is 2.38. The summed E-state index contributed by atoms with van der Waals surface area (Å²) in [6.45, 7) is 4.00. The molecule has 0 spiro atoms. The van der Waals surface area contributed by atoms with Crippen LogP contribution < -0.4 is 5.84 Å². The van der Waals surface area contributed by atoms with Gasteiger partial charge in [0.2, 0.25) is 0 Å². The van der Waals surface area contributed by atoms with Crippen molar-refractivity contribution in [3.8, 4) is 0 Å². The first-order chi connectivity index (χ1) is 6.22. The van der Waals surface area contributed by atoms with E-state index in [1.165, 1.54) is 25.7 Å². The predicted molar refractivity (Wildman–Crippen MR) is 52.1 cm³/mol. The van der Waals surface area contributed by atoms with E-state index in [4.69, 9.17) is 10.6 Å². The minimum Gasteiger partial charge on any atom is -0.380 e. The Kier molecular flexibility index (Phi) is 2.58. The van der Waals surface area contributed by atoms with Gasteiger partial charge in [-0.15, -0.1) is 0 Å². The Morgan fingerprint density at radius 2 is 2.08 bits per heavy atom. The van der Waals surface area contributed by atoms with E-state index >= 15 is 0 Å². The lowest BCUT2D eigenvalue weighted by molar-refractivity contribution is 0.0500. The van der Waals surface area contributed by atoms with Gasteiger partial charge in [0, 0.05) is 12.1 Å². The Labute approximate surface area is 80.2 Å². The zero-order valence-electron chi connectivity index (χ0n) is 8.46. The lowest BCUT2D eigenvalue weighted by Gasteiger charge is -2.38. The highest BCUT2D eigenvalue weighted by atomic mass is 16.5. The second-order valence-corrected chi connectivity index (χ2v) is 4.63. The summed E-state index contributed by atoms with van der Waals surface area (Å²) < 4.78 is 5.36. The molecule has 1 unspecified atom stereocenters. The zero-order chi connectivity index (χ0) is 9.31. The Bertz CT molecular complexity index is 172. The van der Waals surface area contributed by atoms with Gasteiger partial charge in [0.1, 0.15) is 0 Å². The molecule has 3 heteroatoms. The lowest BCUT2D eigenvalue weighted by atomic mass is 9.98. The lowest BCUT2D eigenvalue weighted by Crippen LogP contribution is -2.54. The van der Waals surface area contributed by atoms with E-state index in [1.807, 2.05) is 0 Å². The van der Waals surface area contributed by atoms with E-state index in [0.29, 0.717) is 6.04 Å². The molecule has 1 atom stereocenters. The summed E-state index contributed by atoms with van der Waals surface area (Å²) in [7, 11) is 0. The summed E-state index contributed by atoms with van der Waals surface area (Å²) in [6.07, 6.45) is 6.27.